The molecule has 0 spiro atoms. The molecule has 0 saturated carbocycles. The van der Waals surface area contributed by atoms with Crippen LogP contribution in [0.25, 0.3) is 0 Å². The summed E-state index contributed by atoms with van der Waals surface area (Å²) in [6.45, 7) is 17.1. The van der Waals surface area contributed by atoms with Gasteiger partial charge in [-0.2, -0.15) is 0 Å². The zero-order valence-electron chi connectivity index (χ0n) is 25.7. The Morgan fingerprint density at radius 3 is 1.73 bits per heavy atom. The van der Waals surface area contributed by atoms with E-state index < -0.39 is 59.3 Å². The van der Waals surface area contributed by atoms with E-state index in [9.17, 15) is 24.3 Å². The molecule has 0 aliphatic heterocycles. The van der Waals surface area contributed by atoms with Crippen LogP contribution in [-0.4, -0.2) is 58.5 Å². The number of carbonyl (C=O) groups excluding carboxylic acids is 3. The SMILES string of the molecule is CCC(C)(C)OC(=O)Oc1ccc(C(CC(C)OC(=O)OC(C)(C)C)[C@H](N)C(=O)O)cc1OC(=O)OC(C)(C)CC. The van der Waals surface area contributed by atoms with Gasteiger partial charge in [0.1, 0.15) is 28.9 Å². The number of ether oxygens (including phenoxy) is 6. The lowest BCUT2D eigenvalue weighted by Gasteiger charge is -2.27. The molecule has 0 aromatic heterocycles. The molecular formula is C29H45NO11. The highest BCUT2D eigenvalue weighted by Gasteiger charge is 2.32. The van der Waals surface area contributed by atoms with Gasteiger partial charge in [-0.3, -0.25) is 4.79 Å². The van der Waals surface area contributed by atoms with Crippen LogP contribution in [0.3, 0.4) is 0 Å². The van der Waals surface area contributed by atoms with E-state index in [1.165, 1.54) is 18.2 Å². The summed E-state index contributed by atoms with van der Waals surface area (Å²) in [6, 6.07) is 2.68. The van der Waals surface area contributed by atoms with Crippen LogP contribution in [0.15, 0.2) is 18.2 Å². The first-order valence-corrected chi connectivity index (χ1v) is 13.5. The maximum absolute atomic E-state index is 12.6. The molecule has 12 nitrogen and oxygen atoms in total. The molecule has 0 aliphatic carbocycles. The molecule has 0 amide bonds. The molecule has 0 heterocycles. The molecule has 3 atom stereocenters. The van der Waals surface area contributed by atoms with Crippen molar-refractivity contribution < 1.29 is 52.7 Å². The van der Waals surface area contributed by atoms with Crippen LogP contribution in [0.1, 0.15) is 100.0 Å². The summed E-state index contributed by atoms with van der Waals surface area (Å²) in [5.74, 6) is -2.63. The van der Waals surface area contributed by atoms with E-state index in [2.05, 4.69) is 0 Å². The van der Waals surface area contributed by atoms with Gasteiger partial charge in [-0.05, 0) is 92.3 Å². The highest BCUT2D eigenvalue weighted by Crippen LogP contribution is 2.36. The predicted octanol–water partition coefficient (Wildman–Crippen LogP) is 6.32. The van der Waals surface area contributed by atoms with Gasteiger partial charge < -0.3 is 39.3 Å². The third-order valence-electron chi connectivity index (χ3n) is 6.20. The number of rotatable bonds is 12. The molecular weight excluding hydrogens is 538 g/mol. The van der Waals surface area contributed by atoms with E-state index in [1.54, 1.807) is 55.4 Å². The van der Waals surface area contributed by atoms with E-state index in [1.807, 2.05) is 13.8 Å². The lowest BCUT2D eigenvalue weighted by Crippen LogP contribution is -2.38. The Labute approximate surface area is 241 Å². The fourth-order valence-electron chi connectivity index (χ4n) is 3.24. The first-order valence-electron chi connectivity index (χ1n) is 13.5. The Morgan fingerprint density at radius 2 is 1.29 bits per heavy atom. The van der Waals surface area contributed by atoms with Gasteiger partial charge >= 0.3 is 24.4 Å². The van der Waals surface area contributed by atoms with Crippen molar-refractivity contribution in [2.45, 2.75) is 123 Å². The predicted molar refractivity (Wildman–Crippen MR) is 149 cm³/mol. The van der Waals surface area contributed by atoms with Gasteiger partial charge in [-0.15, -0.1) is 0 Å². The quantitative estimate of drug-likeness (QED) is 0.160. The number of nitrogens with two attached hydrogens (primary N) is 1. The average molecular weight is 584 g/mol. The van der Waals surface area contributed by atoms with Crippen LogP contribution >= 0.6 is 0 Å². The van der Waals surface area contributed by atoms with Crippen LogP contribution in [0, 0.1) is 0 Å². The Hall–Kier alpha value is -3.54. The fraction of sp³-hybridized carbons (Fsp3) is 0.655. The van der Waals surface area contributed by atoms with Gasteiger partial charge in [-0.25, -0.2) is 14.4 Å². The van der Waals surface area contributed by atoms with Gasteiger partial charge in [0.05, 0.1) is 0 Å². The van der Waals surface area contributed by atoms with Crippen molar-refractivity contribution >= 4 is 24.4 Å². The van der Waals surface area contributed by atoms with Gasteiger partial charge in [0.2, 0.25) is 0 Å². The number of carboxylic acids is 1. The topological polar surface area (TPSA) is 170 Å². The van der Waals surface area contributed by atoms with E-state index >= 15 is 0 Å². The molecule has 0 bridgehead atoms. The fourth-order valence-corrected chi connectivity index (χ4v) is 3.24. The summed E-state index contributed by atoms with van der Waals surface area (Å²) >= 11 is 0. The maximum atomic E-state index is 12.6. The number of hydrogen-bond acceptors (Lipinski definition) is 11. The minimum Gasteiger partial charge on any atom is -0.480 e. The molecule has 1 aromatic rings. The molecule has 1 aromatic carbocycles. The summed E-state index contributed by atoms with van der Waals surface area (Å²) in [5, 5.41) is 9.69. The van der Waals surface area contributed by atoms with Crippen molar-refractivity contribution in [3.05, 3.63) is 23.8 Å². The number of carbonyl (C=O) groups is 4. The lowest BCUT2D eigenvalue weighted by molar-refractivity contribution is -0.139. The largest absolute Gasteiger partial charge is 0.514 e. The molecule has 41 heavy (non-hydrogen) atoms. The van der Waals surface area contributed by atoms with Crippen LogP contribution in [0.5, 0.6) is 11.5 Å². The summed E-state index contributed by atoms with van der Waals surface area (Å²) in [7, 11) is 0. The second kappa shape index (κ2) is 14.4. The Kier molecular flexibility index (Phi) is 12.4. The minimum atomic E-state index is -1.43. The summed E-state index contributed by atoms with van der Waals surface area (Å²) in [6.07, 6.45) is -2.84. The van der Waals surface area contributed by atoms with Gasteiger partial charge in [-0.1, -0.05) is 19.9 Å². The standard InChI is InChI=1S/C29H45NO11/c1-11-28(7,8)40-25(34)37-20-14-13-18(16-21(20)38-26(35)41-29(9,10)12-2)19(22(30)23(31)32)15-17(3)36-24(33)39-27(4,5)6/h13-14,16-17,19,22H,11-12,15,30H2,1-10H3,(H,31,32)/t17?,19?,22-/m0/s1. The first kappa shape index (κ1) is 35.5. The second-order valence-electron chi connectivity index (χ2n) is 11.9. The van der Waals surface area contributed by atoms with Gasteiger partial charge in [0.15, 0.2) is 11.5 Å². The molecule has 3 N–H and O–H groups in total. The monoisotopic (exact) mass is 583 g/mol. The molecule has 0 saturated heterocycles. The number of carboxylic acid groups (broad SMARTS) is 1. The van der Waals surface area contributed by atoms with E-state index in [4.69, 9.17) is 34.2 Å². The van der Waals surface area contributed by atoms with Crippen LogP contribution in [-0.2, 0) is 23.7 Å². The Balaban J connectivity index is 3.42. The smallest absolute Gasteiger partial charge is 0.480 e. The Morgan fingerprint density at radius 1 is 0.805 bits per heavy atom. The van der Waals surface area contributed by atoms with Crippen molar-refractivity contribution in [1.29, 1.82) is 0 Å². The molecule has 1 rings (SSSR count). The second-order valence-corrected chi connectivity index (χ2v) is 11.9. The maximum Gasteiger partial charge on any atom is 0.514 e. The average Bonchev–Trinajstić information content (AvgIpc) is 2.81. The van der Waals surface area contributed by atoms with Crippen molar-refractivity contribution in [3.8, 4) is 11.5 Å². The third-order valence-corrected chi connectivity index (χ3v) is 6.20. The van der Waals surface area contributed by atoms with E-state index in [0.717, 1.165) is 0 Å². The van der Waals surface area contributed by atoms with Gasteiger partial charge in [0, 0.05) is 5.92 Å². The molecule has 0 aliphatic rings. The third kappa shape index (κ3) is 12.7. The first-order chi connectivity index (χ1) is 18.7. The minimum absolute atomic E-state index is 0.0214. The lowest BCUT2D eigenvalue weighted by atomic mass is 9.87. The van der Waals surface area contributed by atoms with Crippen molar-refractivity contribution in [1.82, 2.24) is 0 Å². The number of aliphatic carboxylic acids is 1. The summed E-state index contributed by atoms with van der Waals surface area (Å²) in [4.78, 5) is 49.2. The van der Waals surface area contributed by atoms with Crippen molar-refractivity contribution in [2.24, 2.45) is 5.73 Å². The normalized spacial score (nSPS) is 14.2. The summed E-state index contributed by atoms with van der Waals surface area (Å²) in [5.41, 5.74) is 3.89. The van der Waals surface area contributed by atoms with Crippen LogP contribution < -0.4 is 15.2 Å². The molecule has 2 unspecified atom stereocenters. The zero-order valence-corrected chi connectivity index (χ0v) is 25.7. The van der Waals surface area contributed by atoms with Gasteiger partial charge in [0.25, 0.3) is 0 Å². The molecule has 12 heteroatoms. The highest BCUT2D eigenvalue weighted by atomic mass is 16.8. The van der Waals surface area contributed by atoms with Crippen LogP contribution in [0.2, 0.25) is 0 Å². The molecule has 0 fully saturated rings. The van der Waals surface area contributed by atoms with Crippen molar-refractivity contribution in [3.63, 3.8) is 0 Å². The van der Waals surface area contributed by atoms with E-state index in [-0.39, 0.29) is 17.9 Å². The number of benzene rings is 1. The summed E-state index contributed by atoms with van der Waals surface area (Å²) < 4.78 is 31.9. The zero-order chi connectivity index (χ0) is 31.8. The number of hydrogen-bond donors (Lipinski definition) is 2. The van der Waals surface area contributed by atoms with E-state index in [0.29, 0.717) is 18.4 Å². The van der Waals surface area contributed by atoms with Crippen molar-refractivity contribution in [2.75, 3.05) is 0 Å². The van der Waals surface area contributed by atoms with Crippen LogP contribution in [0.4, 0.5) is 14.4 Å². The molecule has 0 radical (unpaired) electrons. The highest BCUT2D eigenvalue weighted by molar-refractivity contribution is 5.75. The molecule has 232 valence electrons. The Bertz CT molecular complexity index is 1080.